The van der Waals surface area contributed by atoms with E-state index in [1.54, 1.807) is 18.5 Å². The first-order valence-corrected chi connectivity index (χ1v) is 9.88. The summed E-state index contributed by atoms with van der Waals surface area (Å²) in [5.41, 5.74) is 4.83. The summed E-state index contributed by atoms with van der Waals surface area (Å²) in [6.07, 6.45) is 7.46. The molecular formula is C21H21FN6O. The molecule has 0 atom stereocenters. The Kier molecular flexibility index (Phi) is 4.55. The smallest absolute Gasteiger partial charge is 0.170 e. The second kappa shape index (κ2) is 7.36. The number of pyridine rings is 1. The van der Waals surface area contributed by atoms with Crippen LogP contribution in [-0.4, -0.2) is 42.8 Å². The van der Waals surface area contributed by atoms with E-state index in [-0.39, 0.29) is 5.82 Å². The zero-order valence-electron chi connectivity index (χ0n) is 16.2. The Hall–Kier alpha value is -3.13. The van der Waals surface area contributed by atoms with Gasteiger partial charge in [-0.05, 0) is 55.7 Å². The van der Waals surface area contributed by atoms with E-state index in [9.17, 15) is 4.39 Å². The first-order valence-electron chi connectivity index (χ1n) is 9.88. The highest BCUT2D eigenvalue weighted by Crippen LogP contribution is 2.32. The van der Waals surface area contributed by atoms with Gasteiger partial charge in [0.2, 0.25) is 0 Å². The molecule has 4 aromatic rings. The molecule has 29 heavy (non-hydrogen) atoms. The number of rotatable bonds is 5. The molecule has 0 saturated carbocycles. The second-order valence-corrected chi connectivity index (χ2v) is 7.32. The van der Waals surface area contributed by atoms with Crippen molar-refractivity contribution in [2.45, 2.75) is 32.9 Å². The minimum Gasteiger partial charge on any atom is -0.322 e. The predicted molar refractivity (Wildman–Crippen MR) is 106 cm³/mol. The molecule has 5 rings (SSSR count). The van der Waals surface area contributed by atoms with Crippen LogP contribution in [0.5, 0.6) is 0 Å². The number of halogens is 1. The average Bonchev–Trinajstić information content (AvgIpc) is 3.49. The van der Waals surface area contributed by atoms with Crippen LogP contribution in [0.2, 0.25) is 0 Å². The van der Waals surface area contributed by atoms with E-state index in [1.807, 2.05) is 25.3 Å². The van der Waals surface area contributed by atoms with E-state index in [1.165, 1.54) is 12.8 Å². The summed E-state index contributed by atoms with van der Waals surface area (Å²) in [7, 11) is 0. The maximum absolute atomic E-state index is 14.5. The fourth-order valence-electron chi connectivity index (χ4n) is 4.11. The van der Waals surface area contributed by atoms with Gasteiger partial charge in [0.15, 0.2) is 11.5 Å². The van der Waals surface area contributed by atoms with Gasteiger partial charge in [-0.1, -0.05) is 11.2 Å². The van der Waals surface area contributed by atoms with E-state index in [2.05, 4.69) is 24.8 Å². The van der Waals surface area contributed by atoms with Crippen molar-refractivity contribution in [1.82, 2.24) is 29.7 Å². The van der Waals surface area contributed by atoms with Crippen LogP contribution in [0, 0.1) is 5.82 Å². The van der Waals surface area contributed by atoms with Crippen LogP contribution in [0.4, 0.5) is 4.39 Å². The van der Waals surface area contributed by atoms with Gasteiger partial charge in [0.25, 0.3) is 0 Å². The number of likely N-dealkylation sites (tertiary alicyclic amines) is 1. The van der Waals surface area contributed by atoms with E-state index < -0.39 is 0 Å². The largest absolute Gasteiger partial charge is 0.322 e. The zero-order chi connectivity index (χ0) is 19.8. The third kappa shape index (κ3) is 3.19. The van der Waals surface area contributed by atoms with E-state index in [4.69, 9.17) is 9.61 Å². The van der Waals surface area contributed by atoms with Crippen molar-refractivity contribution in [3.8, 4) is 22.6 Å². The van der Waals surface area contributed by atoms with Gasteiger partial charge < -0.3 is 4.57 Å². The molecule has 7 nitrogen and oxygen atoms in total. The molecule has 0 bridgehead atoms. The number of aryl methyl sites for hydroxylation is 1. The topological polar surface area (TPSA) is 72.9 Å². The molecule has 0 amide bonds. The van der Waals surface area contributed by atoms with Crippen molar-refractivity contribution in [2.24, 2.45) is 0 Å². The fourth-order valence-corrected chi connectivity index (χ4v) is 4.11. The van der Waals surface area contributed by atoms with E-state index in [0.717, 1.165) is 35.2 Å². The maximum atomic E-state index is 14.5. The molecule has 1 aromatic carbocycles. The van der Waals surface area contributed by atoms with Crippen LogP contribution in [0.1, 0.15) is 25.3 Å². The molecular weight excluding hydrogens is 371 g/mol. The highest BCUT2D eigenvalue weighted by atomic mass is 19.1. The van der Waals surface area contributed by atoms with Crippen molar-refractivity contribution >= 4 is 11.0 Å². The standard InChI is InChI=1S/C21H21FN6O/c1-2-28-20-16(10-23-11-18(20)25-21(28)19-12-24-29-26-19)14-5-6-17(22)15(9-14)13-27-7-3-4-8-27/h5-6,9-12H,2-4,7-8,13H2,1H3. The lowest BCUT2D eigenvalue weighted by atomic mass is 10.0. The first kappa shape index (κ1) is 17.9. The Morgan fingerprint density at radius 1 is 1.14 bits per heavy atom. The molecule has 8 heteroatoms. The fraction of sp³-hybridized carbons (Fsp3) is 0.333. The SMILES string of the molecule is CCn1c(-c2cnon2)nc2cncc(-c3ccc(F)c(CN4CCCC4)c3)c21. The number of fused-ring (bicyclic) bond motifs is 1. The number of aromatic nitrogens is 5. The molecule has 0 N–H and O–H groups in total. The summed E-state index contributed by atoms with van der Waals surface area (Å²) in [6.45, 7) is 5.42. The Bertz CT molecular complexity index is 1150. The molecule has 0 radical (unpaired) electrons. The van der Waals surface area contributed by atoms with Crippen molar-refractivity contribution < 1.29 is 9.02 Å². The lowest BCUT2D eigenvalue weighted by molar-refractivity contribution is 0.308. The minimum atomic E-state index is -0.167. The Morgan fingerprint density at radius 2 is 2.00 bits per heavy atom. The summed E-state index contributed by atoms with van der Waals surface area (Å²) in [5.74, 6) is 0.511. The highest BCUT2D eigenvalue weighted by molar-refractivity contribution is 5.93. The van der Waals surface area contributed by atoms with Gasteiger partial charge in [-0.15, -0.1) is 0 Å². The average molecular weight is 392 g/mol. The first-order chi connectivity index (χ1) is 14.2. The van der Waals surface area contributed by atoms with Crippen molar-refractivity contribution in [2.75, 3.05) is 13.1 Å². The van der Waals surface area contributed by atoms with Gasteiger partial charge in [-0.3, -0.25) is 9.88 Å². The van der Waals surface area contributed by atoms with Gasteiger partial charge >= 0.3 is 0 Å². The van der Waals surface area contributed by atoms with Gasteiger partial charge in [-0.25, -0.2) is 14.0 Å². The second-order valence-electron chi connectivity index (χ2n) is 7.32. The Morgan fingerprint density at radius 3 is 2.76 bits per heavy atom. The van der Waals surface area contributed by atoms with Crippen molar-refractivity contribution in [3.05, 3.63) is 48.2 Å². The summed E-state index contributed by atoms with van der Waals surface area (Å²) >= 11 is 0. The lowest BCUT2D eigenvalue weighted by Gasteiger charge is -2.16. The number of hydrogen-bond acceptors (Lipinski definition) is 6. The third-order valence-electron chi connectivity index (χ3n) is 5.51. The molecule has 0 unspecified atom stereocenters. The molecule has 1 aliphatic rings. The van der Waals surface area contributed by atoms with Crippen molar-refractivity contribution in [1.29, 1.82) is 0 Å². The lowest BCUT2D eigenvalue weighted by Crippen LogP contribution is -2.19. The quantitative estimate of drug-likeness (QED) is 0.513. The van der Waals surface area contributed by atoms with Crippen LogP contribution >= 0.6 is 0 Å². The summed E-state index contributed by atoms with van der Waals surface area (Å²) < 4.78 is 21.3. The van der Waals surface area contributed by atoms with Crippen LogP contribution in [0.15, 0.2) is 41.4 Å². The molecule has 148 valence electrons. The normalized spacial score (nSPS) is 14.8. The molecule has 4 heterocycles. The van der Waals surface area contributed by atoms with E-state index in [0.29, 0.717) is 30.2 Å². The number of hydrogen-bond donors (Lipinski definition) is 0. The Balaban J connectivity index is 1.63. The molecule has 0 aliphatic carbocycles. The predicted octanol–water partition coefficient (Wildman–Crippen LogP) is 3.90. The third-order valence-corrected chi connectivity index (χ3v) is 5.51. The Labute approximate surface area is 167 Å². The van der Waals surface area contributed by atoms with Crippen LogP contribution in [0.3, 0.4) is 0 Å². The number of imidazole rings is 1. The molecule has 0 spiro atoms. The number of nitrogens with zero attached hydrogens (tertiary/aromatic N) is 6. The van der Waals surface area contributed by atoms with E-state index >= 15 is 0 Å². The maximum Gasteiger partial charge on any atom is 0.170 e. The molecule has 3 aromatic heterocycles. The van der Waals surface area contributed by atoms with Crippen LogP contribution in [-0.2, 0) is 13.1 Å². The molecule has 1 aliphatic heterocycles. The van der Waals surface area contributed by atoms with Crippen LogP contribution in [0.25, 0.3) is 33.7 Å². The van der Waals surface area contributed by atoms with Gasteiger partial charge in [-0.2, -0.15) is 0 Å². The van der Waals surface area contributed by atoms with Gasteiger partial charge in [0.1, 0.15) is 17.5 Å². The van der Waals surface area contributed by atoms with Crippen molar-refractivity contribution in [3.63, 3.8) is 0 Å². The number of benzene rings is 1. The molecule has 1 saturated heterocycles. The minimum absolute atomic E-state index is 0.167. The van der Waals surface area contributed by atoms with Gasteiger partial charge in [0.05, 0.1) is 11.7 Å². The summed E-state index contributed by atoms with van der Waals surface area (Å²) in [4.78, 5) is 11.4. The monoisotopic (exact) mass is 392 g/mol. The summed E-state index contributed by atoms with van der Waals surface area (Å²) in [5, 5.41) is 7.62. The highest BCUT2D eigenvalue weighted by Gasteiger charge is 2.20. The zero-order valence-corrected chi connectivity index (χ0v) is 16.2. The molecule has 1 fully saturated rings. The van der Waals surface area contributed by atoms with Crippen LogP contribution < -0.4 is 0 Å². The van der Waals surface area contributed by atoms with Gasteiger partial charge in [0, 0.05) is 30.4 Å². The summed E-state index contributed by atoms with van der Waals surface area (Å²) in [6, 6.07) is 5.30.